The number of fused-ring (bicyclic) bond motifs is 1. The number of ether oxygens (including phenoxy) is 1. The Morgan fingerprint density at radius 1 is 1.31 bits per heavy atom. The zero-order valence-electron chi connectivity index (χ0n) is 15.1. The maximum absolute atomic E-state index is 12.9. The van der Waals surface area contributed by atoms with E-state index < -0.39 is 16.8 Å². The molecule has 1 amide bonds. The Labute approximate surface area is 162 Å². The van der Waals surface area contributed by atoms with Crippen molar-refractivity contribution in [2.75, 3.05) is 20.3 Å². The molecule has 1 aromatic carbocycles. The molecule has 142 valence electrons. The maximum Gasteiger partial charge on any atom is 0.261 e. The Hall–Kier alpha value is -1.63. The van der Waals surface area contributed by atoms with Gasteiger partial charge in [0.2, 0.25) is 0 Å². The molecule has 26 heavy (non-hydrogen) atoms. The van der Waals surface area contributed by atoms with Crippen molar-refractivity contribution in [3.8, 4) is 0 Å². The van der Waals surface area contributed by atoms with E-state index in [2.05, 4.69) is 0 Å². The van der Waals surface area contributed by atoms with Crippen LogP contribution in [0.2, 0.25) is 0 Å². The Bertz CT molecular complexity index is 823. The first-order chi connectivity index (χ1) is 12.5. The third-order valence-electron chi connectivity index (χ3n) is 4.27. The van der Waals surface area contributed by atoms with Gasteiger partial charge in [-0.05, 0) is 25.5 Å². The van der Waals surface area contributed by atoms with E-state index in [0.29, 0.717) is 42.8 Å². The number of carbonyl (C=O) groups is 1. The molecular weight excluding hydrogens is 377 g/mol. The van der Waals surface area contributed by atoms with E-state index in [0.717, 1.165) is 0 Å². The van der Waals surface area contributed by atoms with Crippen LogP contribution in [0.4, 0.5) is 0 Å². The van der Waals surface area contributed by atoms with Crippen molar-refractivity contribution in [2.24, 2.45) is 0 Å². The van der Waals surface area contributed by atoms with E-state index >= 15 is 0 Å². The van der Waals surface area contributed by atoms with Crippen LogP contribution in [-0.2, 0) is 16.1 Å². The summed E-state index contributed by atoms with van der Waals surface area (Å²) in [7, 11) is 1.55. The average Bonchev–Trinajstić information content (AvgIpc) is 2.64. The van der Waals surface area contributed by atoms with Gasteiger partial charge >= 0.3 is 0 Å². The van der Waals surface area contributed by atoms with E-state index in [4.69, 9.17) is 32.9 Å². The summed E-state index contributed by atoms with van der Waals surface area (Å²) in [4.78, 5) is 30.5. The molecule has 8 heteroatoms. The molecule has 0 fully saturated rings. The van der Waals surface area contributed by atoms with Gasteiger partial charge in [-0.3, -0.25) is 14.2 Å². The number of alkyl halides is 2. The number of nitrogens with zero attached hydrogens (tertiary/aromatic N) is 3. The molecule has 1 aromatic heterocycles. The number of para-hydroxylation sites is 1. The summed E-state index contributed by atoms with van der Waals surface area (Å²) in [5.74, 6) is 0.0967. The van der Waals surface area contributed by atoms with Crippen LogP contribution in [-0.4, -0.2) is 45.5 Å². The molecule has 1 heterocycles. The normalized spacial score (nSPS) is 12.5. The van der Waals surface area contributed by atoms with Crippen molar-refractivity contribution in [2.45, 2.75) is 37.7 Å². The highest BCUT2D eigenvalue weighted by Gasteiger charge is 2.30. The van der Waals surface area contributed by atoms with Gasteiger partial charge in [0.15, 0.2) is 4.84 Å². The van der Waals surface area contributed by atoms with Gasteiger partial charge in [0.25, 0.3) is 11.5 Å². The highest BCUT2D eigenvalue weighted by atomic mass is 35.5. The standard InChI is InChI=1S/C18H23Cl2N3O3/c1-4-14(23(10-11-26-3)18(25)15(19)20)16-21-13-9-7-6-8-12(13)17(24)22(16)5-2/h6-9,14-15H,4-5,10-11H2,1-3H3. The molecule has 1 atom stereocenters. The number of methoxy groups -OCH3 is 1. The van der Waals surface area contributed by atoms with Crippen LogP contribution in [0.15, 0.2) is 29.1 Å². The zero-order chi connectivity index (χ0) is 19.3. The number of carbonyl (C=O) groups excluding carboxylic acids is 1. The minimum Gasteiger partial charge on any atom is -0.383 e. The molecular formula is C18H23Cl2N3O3. The second-order valence-electron chi connectivity index (χ2n) is 5.79. The summed E-state index contributed by atoms with van der Waals surface area (Å²) in [6.07, 6.45) is 0.556. The lowest BCUT2D eigenvalue weighted by molar-refractivity contribution is -0.133. The number of rotatable bonds is 8. The summed E-state index contributed by atoms with van der Waals surface area (Å²) in [6, 6.07) is 6.75. The van der Waals surface area contributed by atoms with Gasteiger partial charge in [0, 0.05) is 20.2 Å². The topological polar surface area (TPSA) is 64.4 Å². The first kappa shape index (κ1) is 20.7. The quantitative estimate of drug-likeness (QED) is 0.639. The second-order valence-corrected chi connectivity index (χ2v) is 6.88. The van der Waals surface area contributed by atoms with Gasteiger partial charge in [-0.15, -0.1) is 0 Å². The number of aromatic nitrogens is 2. The summed E-state index contributed by atoms with van der Waals surface area (Å²) in [6.45, 7) is 4.88. The van der Waals surface area contributed by atoms with E-state index in [1.807, 2.05) is 26.0 Å². The fourth-order valence-corrected chi connectivity index (χ4v) is 3.27. The number of halogens is 2. The fraction of sp³-hybridized carbons (Fsp3) is 0.500. The Balaban J connectivity index is 2.63. The van der Waals surface area contributed by atoms with Gasteiger partial charge < -0.3 is 9.64 Å². The molecule has 0 bridgehead atoms. The smallest absolute Gasteiger partial charge is 0.261 e. The number of amides is 1. The van der Waals surface area contributed by atoms with Gasteiger partial charge in [0.05, 0.1) is 23.6 Å². The predicted molar refractivity (Wildman–Crippen MR) is 104 cm³/mol. The van der Waals surface area contributed by atoms with Crippen LogP contribution in [0.5, 0.6) is 0 Å². The van der Waals surface area contributed by atoms with Crippen molar-refractivity contribution in [1.82, 2.24) is 14.5 Å². The van der Waals surface area contributed by atoms with Gasteiger partial charge in [0.1, 0.15) is 5.82 Å². The van der Waals surface area contributed by atoms with Crippen LogP contribution in [0, 0.1) is 0 Å². The lowest BCUT2D eigenvalue weighted by Crippen LogP contribution is -2.42. The van der Waals surface area contributed by atoms with Crippen LogP contribution in [0.25, 0.3) is 10.9 Å². The van der Waals surface area contributed by atoms with Crippen LogP contribution >= 0.6 is 23.2 Å². The maximum atomic E-state index is 12.9. The molecule has 1 unspecified atom stereocenters. The van der Waals surface area contributed by atoms with Crippen molar-refractivity contribution >= 4 is 40.0 Å². The molecule has 0 N–H and O–H groups in total. The summed E-state index contributed by atoms with van der Waals surface area (Å²) in [5.41, 5.74) is 0.474. The third-order valence-corrected chi connectivity index (χ3v) is 4.65. The molecule has 0 saturated heterocycles. The third kappa shape index (κ3) is 4.19. The first-order valence-corrected chi connectivity index (χ1v) is 9.40. The lowest BCUT2D eigenvalue weighted by atomic mass is 10.1. The molecule has 0 spiro atoms. The van der Waals surface area contributed by atoms with Crippen molar-refractivity contribution in [1.29, 1.82) is 0 Å². The van der Waals surface area contributed by atoms with Crippen LogP contribution in [0.3, 0.4) is 0 Å². The van der Waals surface area contributed by atoms with Crippen molar-refractivity contribution < 1.29 is 9.53 Å². The molecule has 6 nitrogen and oxygen atoms in total. The lowest BCUT2D eigenvalue weighted by Gasteiger charge is -2.32. The van der Waals surface area contributed by atoms with Gasteiger partial charge in [-0.1, -0.05) is 42.3 Å². The average molecular weight is 400 g/mol. The minimum absolute atomic E-state index is 0.126. The number of benzene rings is 1. The molecule has 0 aliphatic carbocycles. The molecule has 2 aromatic rings. The highest BCUT2D eigenvalue weighted by molar-refractivity contribution is 6.53. The summed E-state index contributed by atoms with van der Waals surface area (Å²) in [5, 5.41) is 0.551. The Morgan fingerprint density at radius 2 is 2.00 bits per heavy atom. The highest BCUT2D eigenvalue weighted by Crippen LogP contribution is 2.26. The van der Waals surface area contributed by atoms with Crippen LogP contribution < -0.4 is 5.56 Å². The van der Waals surface area contributed by atoms with E-state index in [1.54, 1.807) is 23.8 Å². The molecule has 0 radical (unpaired) electrons. The molecule has 0 aliphatic rings. The van der Waals surface area contributed by atoms with E-state index in [1.165, 1.54) is 4.90 Å². The number of hydrogen-bond donors (Lipinski definition) is 0. The first-order valence-electron chi connectivity index (χ1n) is 8.53. The number of hydrogen-bond acceptors (Lipinski definition) is 4. The fourth-order valence-electron chi connectivity index (χ4n) is 3.02. The SMILES string of the molecule is CCC(c1nc2ccccc2c(=O)n1CC)N(CCOC)C(=O)C(Cl)Cl. The summed E-state index contributed by atoms with van der Waals surface area (Å²) < 4.78 is 6.71. The van der Waals surface area contributed by atoms with E-state index in [9.17, 15) is 9.59 Å². The zero-order valence-corrected chi connectivity index (χ0v) is 16.6. The second kappa shape index (κ2) is 9.35. The summed E-state index contributed by atoms with van der Waals surface area (Å²) >= 11 is 11.7. The Morgan fingerprint density at radius 3 is 2.58 bits per heavy atom. The van der Waals surface area contributed by atoms with Crippen LogP contribution in [0.1, 0.15) is 32.1 Å². The van der Waals surface area contributed by atoms with E-state index in [-0.39, 0.29) is 5.56 Å². The predicted octanol–water partition coefficient (Wildman–Crippen LogP) is 3.15. The monoisotopic (exact) mass is 399 g/mol. The van der Waals surface area contributed by atoms with Crippen molar-refractivity contribution in [3.63, 3.8) is 0 Å². The van der Waals surface area contributed by atoms with Gasteiger partial charge in [-0.25, -0.2) is 4.98 Å². The minimum atomic E-state index is -1.19. The van der Waals surface area contributed by atoms with Crippen molar-refractivity contribution in [3.05, 3.63) is 40.4 Å². The Kier molecular flexibility index (Phi) is 7.43. The largest absolute Gasteiger partial charge is 0.383 e. The van der Waals surface area contributed by atoms with Gasteiger partial charge in [-0.2, -0.15) is 0 Å². The molecule has 0 saturated carbocycles. The molecule has 0 aliphatic heterocycles. The molecule has 2 rings (SSSR count).